The van der Waals surface area contributed by atoms with Crippen molar-refractivity contribution in [2.45, 2.75) is 19.0 Å². The van der Waals surface area contributed by atoms with Crippen LogP contribution in [0.1, 0.15) is 18.1 Å². The van der Waals surface area contributed by atoms with Gasteiger partial charge >= 0.3 is 6.03 Å². The number of fused-ring (bicyclic) bond motifs is 1. The van der Waals surface area contributed by atoms with Crippen molar-refractivity contribution in [2.75, 3.05) is 31.7 Å². The maximum absolute atomic E-state index is 13.1. The van der Waals surface area contributed by atoms with Crippen LogP contribution >= 0.6 is 0 Å². The molecule has 0 bridgehead atoms. The molecular formula is C22H24N4O5. The fourth-order valence-electron chi connectivity index (χ4n) is 3.83. The zero-order valence-electron chi connectivity index (χ0n) is 17.4. The zero-order valence-corrected chi connectivity index (χ0v) is 17.4. The first-order chi connectivity index (χ1) is 14.9. The first-order valence-corrected chi connectivity index (χ1v) is 9.92. The Morgan fingerprint density at radius 2 is 1.97 bits per heavy atom. The Hall–Kier alpha value is -3.59. The number of carbonyl (C=O) groups excluding carboxylic acids is 3. The first-order valence-electron chi connectivity index (χ1n) is 9.92. The van der Waals surface area contributed by atoms with Crippen molar-refractivity contribution in [3.05, 3.63) is 53.6 Å². The van der Waals surface area contributed by atoms with E-state index in [-0.39, 0.29) is 12.5 Å². The molecule has 1 unspecified atom stereocenters. The summed E-state index contributed by atoms with van der Waals surface area (Å²) >= 11 is 0. The minimum Gasteiger partial charge on any atom is -0.497 e. The quantitative estimate of drug-likeness (QED) is 0.701. The molecule has 1 atom stereocenters. The Kier molecular flexibility index (Phi) is 5.28. The highest BCUT2D eigenvalue weighted by Crippen LogP contribution is 2.34. The maximum Gasteiger partial charge on any atom is 0.325 e. The lowest BCUT2D eigenvalue weighted by Crippen LogP contribution is -2.46. The van der Waals surface area contributed by atoms with E-state index in [4.69, 9.17) is 15.2 Å². The van der Waals surface area contributed by atoms with Gasteiger partial charge in [-0.25, -0.2) is 4.79 Å². The molecule has 9 nitrogen and oxygen atoms in total. The smallest absolute Gasteiger partial charge is 0.325 e. The summed E-state index contributed by atoms with van der Waals surface area (Å²) in [7, 11) is 1.55. The Labute approximate surface area is 179 Å². The van der Waals surface area contributed by atoms with E-state index >= 15 is 0 Å². The van der Waals surface area contributed by atoms with Crippen LogP contribution in [0, 0.1) is 0 Å². The Morgan fingerprint density at radius 3 is 2.65 bits per heavy atom. The molecule has 2 aromatic carbocycles. The molecule has 1 fully saturated rings. The SMILES string of the molecule is COc1ccc(C2(C)NC(=O)N(CC(=O)N3CCOc4cc(CN)ccc43)C2=O)cc1. The van der Waals surface area contributed by atoms with Crippen molar-refractivity contribution in [2.24, 2.45) is 5.73 Å². The van der Waals surface area contributed by atoms with E-state index in [9.17, 15) is 14.4 Å². The molecule has 0 aliphatic carbocycles. The van der Waals surface area contributed by atoms with Gasteiger partial charge < -0.3 is 25.4 Å². The predicted molar refractivity (Wildman–Crippen MR) is 113 cm³/mol. The van der Waals surface area contributed by atoms with Crippen LogP contribution in [0.25, 0.3) is 0 Å². The number of nitrogens with zero attached hydrogens (tertiary/aromatic N) is 2. The molecule has 0 aromatic heterocycles. The van der Waals surface area contributed by atoms with Gasteiger partial charge in [0.2, 0.25) is 5.91 Å². The highest BCUT2D eigenvalue weighted by molar-refractivity contribution is 6.10. The number of nitrogens with one attached hydrogen (secondary N) is 1. The number of amides is 4. The number of benzene rings is 2. The van der Waals surface area contributed by atoms with Gasteiger partial charge in [0.05, 0.1) is 19.3 Å². The summed E-state index contributed by atoms with van der Waals surface area (Å²) in [4.78, 5) is 41.3. The fraction of sp³-hybridized carbons (Fsp3) is 0.318. The topological polar surface area (TPSA) is 114 Å². The average molecular weight is 424 g/mol. The summed E-state index contributed by atoms with van der Waals surface area (Å²) in [5, 5.41) is 2.71. The molecule has 162 valence electrons. The molecule has 2 aliphatic rings. The Balaban J connectivity index is 1.54. The third-order valence-electron chi connectivity index (χ3n) is 5.66. The molecule has 0 saturated carbocycles. The van der Waals surface area contributed by atoms with E-state index in [2.05, 4.69) is 5.32 Å². The second-order valence-corrected chi connectivity index (χ2v) is 7.57. The van der Waals surface area contributed by atoms with Crippen LogP contribution in [0.5, 0.6) is 11.5 Å². The largest absolute Gasteiger partial charge is 0.497 e. The summed E-state index contributed by atoms with van der Waals surface area (Å²) in [6.07, 6.45) is 0. The molecule has 1 saturated heterocycles. The highest BCUT2D eigenvalue weighted by atomic mass is 16.5. The Bertz CT molecular complexity index is 1040. The maximum atomic E-state index is 13.1. The number of rotatable bonds is 5. The summed E-state index contributed by atoms with van der Waals surface area (Å²) in [5.41, 5.74) is 6.50. The molecule has 2 heterocycles. The molecule has 2 aliphatic heterocycles. The summed E-state index contributed by atoms with van der Waals surface area (Å²) in [6, 6.07) is 11.6. The molecule has 3 N–H and O–H groups in total. The Morgan fingerprint density at radius 1 is 1.23 bits per heavy atom. The first kappa shape index (κ1) is 20.7. The molecule has 0 spiro atoms. The number of anilines is 1. The van der Waals surface area contributed by atoms with E-state index in [0.717, 1.165) is 10.5 Å². The van der Waals surface area contributed by atoms with Crippen LogP contribution in [-0.4, -0.2) is 49.6 Å². The van der Waals surface area contributed by atoms with Gasteiger partial charge in [-0.15, -0.1) is 0 Å². The molecule has 31 heavy (non-hydrogen) atoms. The van der Waals surface area contributed by atoms with Crippen molar-refractivity contribution in [3.63, 3.8) is 0 Å². The van der Waals surface area contributed by atoms with Crippen LogP contribution in [0.2, 0.25) is 0 Å². The number of hydrogen-bond donors (Lipinski definition) is 2. The average Bonchev–Trinajstić information content (AvgIpc) is 3.02. The number of hydrogen-bond acceptors (Lipinski definition) is 6. The second kappa shape index (κ2) is 7.92. The molecule has 9 heteroatoms. The molecular weight excluding hydrogens is 400 g/mol. The normalized spacial score (nSPS) is 20.2. The number of methoxy groups -OCH3 is 1. The number of nitrogens with two attached hydrogens (primary N) is 1. The van der Waals surface area contributed by atoms with Gasteiger partial charge in [-0.3, -0.25) is 14.5 Å². The van der Waals surface area contributed by atoms with Gasteiger partial charge in [0.1, 0.15) is 30.2 Å². The van der Waals surface area contributed by atoms with E-state index in [0.29, 0.717) is 42.4 Å². The van der Waals surface area contributed by atoms with E-state index < -0.39 is 17.5 Å². The van der Waals surface area contributed by atoms with Crippen LogP contribution in [0.3, 0.4) is 0 Å². The monoisotopic (exact) mass is 424 g/mol. The van der Waals surface area contributed by atoms with Crippen LogP contribution in [0.4, 0.5) is 10.5 Å². The summed E-state index contributed by atoms with van der Waals surface area (Å²) in [5.74, 6) is 0.346. The van der Waals surface area contributed by atoms with Crippen molar-refractivity contribution in [3.8, 4) is 11.5 Å². The number of urea groups is 1. The lowest BCUT2D eigenvalue weighted by molar-refractivity contribution is -0.134. The molecule has 2 aromatic rings. The van der Waals surface area contributed by atoms with Gasteiger partial charge in [-0.05, 0) is 42.3 Å². The van der Waals surface area contributed by atoms with Gasteiger partial charge in [0, 0.05) is 6.54 Å². The lowest BCUT2D eigenvalue weighted by Gasteiger charge is -2.31. The van der Waals surface area contributed by atoms with E-state index in [1.54, 1.807) is 50.4 Å². The van der Waals surface area contributed by atoms with Gasteiger partial charge in [0.25, 0.3) is 5.91 Å². The van der Waals surface area contributed by atoms with E-state index in [1.165, 1.54) is 4.90 Å². The van der Waals surface area contributed by atoms with Crippen molar-refractivity contribution >= 4 is 23.5 Å². The van der Waals surface area contributed by atoms with Crippen LogP contribution in [-0.2, 0) is 21.7 Å². The second-order valence-electron chi connectivity index (χ2n) is 7.57. The van der Waals surface area contributed by atoms with Gasteiger partial charge in [0.15, 0.2) is 0 Å². The molecule has 0 radical (unpaired) electrons. The third kappa shape index (κ3) is 3.57. The predicted octanol–water partition coefficient (Wildman–Crippen LogP) is 1.35. The van der Waals surface area contributed by atoms with Crippen LogP contribution < -0.4 is 25.4 Å². The van der Waals surface area contributed by atoms with E-state index in [1.807, 2.05) is 6.07 Å². The lowest BCUT2D eigenvalue weighted by atomic mass is 9.92. The minimum absolute atomic E-state index is 0.316. The summed E-state index contributed by atoms with van der Waals surface area (Å²) < 4.78 is 10.8. The molecule has 4 rings (SSSR count). The number of carbonyl (C=O) groups is 3. The van der Waals surface area contributed by atoms with Crippen molar-refractivity contribution < 1.29 is 23.9 Å². The third-order valence-corrected chi connectivity index (χ3v) is 5.66. The molecule has 4 amide bonds. The highest BCUT2D eigenvalue weighted by Gasteiger charge is 2.49. The van der Waals surface area contributed by atoms with Crippen LogP contribution in [0.15, 0.2) is 42.5 Å². The number of imide groups is 1. The standard InChI is InChI=1S/C22H24N4O5/c1-22(15-4-6-16(30-2)7-5-15)20(28)26(21(29)24-22)13-19(27)25-9-10-31-18-11-14(12-23)3-8-17(18)25/h3-8,11H,9-10,12-13,23H2,1-2H3,(H,24,29). The van der Waals surface area contributed by atoms with Gasteiger partial charge in [-0.2, -0.15) is 0 Å². The number of ether oxygens (including phenoxy) is 2. The van der Waals surface area contributed by atoms with Crippen molar-refractivity contribution in [1.29, 1.82) is 0 Å². The zero-order chi connectivity index (χ0) is 22.2. The van der Waals surface area contributed by atoms with Gasteiger partial charge in [-0.1, -0.05) is 18.2 Å². The fourth-order valence-corrected chi connectivity index (χ4v) is 3.83. The summed E-state index contributed by atoms with van der Waals surface area (Å²) in [6.45, 7) is 2.26. The van der Waals surface area contributed by atoms with Crippen molar-refractivity contribution in [1.82, 2.24) is 10.2 Å². The minimum atomic E-state index is -1.26.